The summed E-state index contributed by atoms with van der Waals surface area (Å²) < 4.78 is 6.41. The van der Waals surface area contributed by atoms with E-state index in [0.29, 0.717) is 17.1 Å². The van der Waals surface area contributed by atoms with Crippen LogP contribution in [0.4, 0.5) is 10.6 Å². The zero-order valence-electron chi connectivity index (χ0n) is 21.2. The molecule has 0 aliphatic heterocycles. The Morgan fingerprint density at radius 2 is 1.92 bits per heavy atom. The zero-order valence-corrected chi connectivity index (χ0v) is 21.2. The van der Waals surface area contributed by atoms with Crippen LogP contribution < -0.4 is 16.4 Å². The van der Waals surface area contributed by atoms with Gasteiger partial charge in [0.2, 0.25) is 5.91 Å². The number of benzene rings is 1. The molecule has 1 fully saturated rings. The van der Waals surface area contributed by atoms with E-state index in [1.807, 2.05) is 30.3 Å². The summed E-state index contributed by atoms with van der Waals surface area (Å²) in [5.41, 5.74) is 7.45. The van der Waals surface area contributed by atoms with Crippen molar-refractivity contribution in [2.75, 3.05) is 5.32 Å². The van der Waals surface area contributed by atoms with E-state index < -0.39 is 12.0 Å². The maximum absolute atomic E-state index is 12.4. The first-order chi connectivity index (χ1) is 18.3. The Balaban J connectivity index is 1.44. The van der Waals surface area contributed by atoms with E-state index in [-0.39, 0.29) is 42.6 Å². The highest BCUT2D eigenvalue weighted by Crippen LogP contribution is 2.27. The predicted octanol–water partition coefficient (Wildman–Crippen LogP) is 2.82. The molecule has 0 spiro atoms. The van der Waals surface area contributed by atoms with Crippen LogP contribution >= 0.6 is 0 Å². The first kappa shape index (κ1) is 26.5. The summed E-state index contributed by atoms with van der Waals surface area (Å²) in [5.74, 6) is -0.270. The molecule has 11 nitrogen and oxygen atoms in total. The highest BCUT2D eigenvalue weighted by Gasteiger charge is 2.31. The molecule has 38 heavy (non-hydrogen) atoms. The summed E-state index contributed by atoms with van der Waals surface area (Å²) in [7, 11) is 0. The van der Waals surface area contributed by atoms with Gasteiger partial charge in [-0.3, -0.25) is 9.59 Å². The molecular weight excluding hydrogens is 486 g/mol. The number of carbonyl (C=O) groups excluding carboxylic acids is 3. The molecule has 1 aliphatic rings. The van der Waals surface area contributed by atoms with E-state index in [9.17, 15) is 14.4 Å². The number of amides is 2. The van der Waals surface area contributed by atoms with Gasteiger partial charge in [-0.05, 0) is 42.4 Å². The van der Waals surface area contributed by atoms with Crippen molar-refractivity contribution in [3.05, 3.63) is 84.1 Å². The van der Waals surface area contributed by atoms with Gasteiger partial charge in [-0.1, -0.05) is 43.8 Å². The van der Waals surface area contributed by atoms with E-state index in [1.54, 1.807) is 0 Å². The fourth-order valence-electron chi connectivity index (χ4n) is 4.56. The van der Waals surface area contributed by atoms with Gasteiger partial charge in [0.25, 0.3) is 5.91 Å². The fraction of sp³-hybridized carbons (Fsp3) is 0.333. The van der Waals surface area contributed by atoms with Crippen LogP contribution in [0.5, 0.6) is 0 Å². The number of primary amides is 1. The van der Waals surface area contributed by atoms with Crippen molar-refractivity contribution in [3.63, 3.8) is 0 Å². The first-order valence-electron chi connectivity index (χ1n) is 12.4. The summed E-state index contributed by atoms with van der Waals surface area (Å²) in [4.78, 5) is 45.1. The number of hydrogen-bond donors (Lipinski definition) is 3. The molecule has 2 aromatic heterocycles. The maximum Gasteiger partial charge on any atom is 0.435 e. The number of nitrogens with one attached hydrogen (secondary N) is 2. The van der Waals surface area contributed by atoms with Gasteiger partial charge >= 0.3 is 6.09 Å². The number of aromatic nitrogens is 4. The quantitative estimate of drug-likeness (QED) is 0.366. The van der Waals surface area contributed by atoms with Crippen LogP contribution in [0.1, 0.15) is 53.5 Å². The number of rotatable bonds is 9. The second kappa shape index (κ2) is 12.1. The van der Waals surface area contributed by atoms with Crippen LogP contribution in [0.25, 0.3) is 0 Å². The number of nitrogens with zero attached hydrogens (tertiary/aromatic N) is 4. The van der Waals surface area contributed by atoms with Crippen molar-refractivity contribution in [3.8, 4) is 0 Å². The van der Waals surface area contributed by atoms with Crippen LogP contribution in [0.2, 0.25) is 0 Å². The summed E-state index contributed by atoms with van der Waals surface area (Å²) in [6.45, 7) is 5.72. The summed E-state index contributed by atoms with van der Waals surface area (Å²) in [5, 5.41) is 10.5. The molecule has 1 unspecified atom stereocenters. The molecule has 1 aliphatic carbocycles. The minimum absolute atomic E-state index is 0.0107. The van der Waals surface area contributed by atoms with E-state index in [1.165, 1.54) is 24.7 Å². The molecule has 1 saturated carbocycles. The Morgan fingerprint density at radius 3 is 2.66 bits per heavy atom. The third-order valence-corrected chi connectivity index (χ3v) is 6.62. The van der Waals surface area contributed by atoms with Gasteiger partial charge in [0, 0.05) is 24.7 Å². The lowest BCUT2D eigenvalue weighted by molar-refractivity contribution is -0.117. The Kier molecular flexibility index (Phi) is 8.47. The Hall–Kier alpha value is -4.54. The van der Waals surface area contributed by atoms with Crippen LogP contribution in [0.15, 0.2) is 61.6 Å². The van der Waals surface area contributed by atoms with Gasteiger partial charge in [-0.15, -0.1) is 0 Å². The van der Waals surface area contributed by atoms with Crippen LogP contribution in [-0.4, -0.2) is 49.7 Å². The lowest BCUT2D eigenvalue weighted by Gasteiger charge is -2.37. The molecule has 2 amide bonds. The molecule has 11 heteroatoms. The third-order valence-electron chi connectivity index (χ3n) is 6.62. The molecule has 4 N–H and O–H groups in total. The van der Waals surface area contributed by atoms with Crippen molar-refractivity contribution >= 4 is 23.7 Å². The average Bonchev–Trinajstić information content (AvgIpc) is 3.38. The van der Waals surface area contributed by atoms with Gasteiger partial charge < -0.3 is 21.1 Å². The largest absolute Gasteiger partial charge is 0.443 e. The summed E-state index contributed by atoms with van der Waals surface area (Å²) in [6.07, 6.45) is 8.06. The normalized spacial score (nSPS) is 18.8. The Bertz CT molecular complexity index is 1310. The number of anilines is 1. The monoisotopic (exact) mass is 517 g/mol. The standard InChI is InChI=1S/C27H31N7O4/c1-3-24(35)33-21-11-7-10-20(17(21)2)31-23-14-29-25(26(28)36)22(32-23)12-19-13-30-34(15-19)27(37)38-16-18-8-5-4-6-9-18/h3-6,8-9,13-15,17,20-21H,1,7,10-12,16H2,2H3,(H2,28,36)(H,31,32)(H,33,35)/t17-,20-,21?/m1/s1. The lowest BCUT2D eigenvalue weighted by atomic mass is 9.81. The van der Waals surface area contributed by atoms with Gasteiger partial charge in [-0.25, -0.2) is 14.8 Å². The van der Waals surface area contributed by atoms with Crippen LogP contribution in [0.3, 0.4) is 0 Å². The number of ether oxygens (including phenoxy) is 1. The second-order valence-corrected chi connectivity index (χ2v) is 9.28. The first-order valence-corrected chi connectivity index (χ1v) is 12.4. The number of carbonyl (C=O) groups is 3. The minimum atomic E-state index is -0.702. The number of hydrogen-bond acceptors (Lipinski definition) is 8. The van der Waals surface area contributed by atoms with Gasteiger partial charge in [-0.2, -0.15) is 9.78 Å². The predicted molar refractivity (Wildman–Crippen MR) is 140 cm³/mol. The summed E-state index contributed by atoms with van der Waals surface area (Å²) in [6, 6.07) is 9.39. The zero-order chi connectivity index (χ0) is 27.1. The van der Waals surface area contributed by atoms with Gasteiger partial charge in [0.1, 0.15) is 18.1 Å². The molecule has 0 saturated heterocycles. The molecule has 0 radical (unpaired) electrons. The highest BCUT2D eigenvalue weighted by molar-refractivity contribution is 5.92. The van der Waals surface area contributed by atoms with E-state index in [2.05, 4.69) is 39.2 Å². The molecular formula is C27H31N7O4. The highest BCUT2D eigenvalue weighted by atomic mass is 16.6. The topological polar surface area (TPSA) is 154 Å². The SMILES string of the molecule is C=CC(=O)NC1CCC[C@@H](Nc2cnc(C(N)=O)c(Cc3cnn(C(=O)OCc4ccccc4)c3)n2)[C@H]1C. The van der Waals surface area contributed by atoms with Gasteiger partial charge in [0.05, 0.1) is 18.1 Å². The number of nitrogens with two attached hydrogens (primary N) is 1. The minimum Gasteiger partial charge on any atom is -0.443 e. The van der Waals surface area contributed by atoms with Crippen LogP contribution in [-0.2, 0) is 22.6 Å². The maximum atomic E-state index is 12.4. The third kappa shape index (κ3) is 6.61. The average molecular weight is 518 g/mol. The Morgan fingerprint density at radius 1 is 1.16 bits per heavy atom. The molecule has 0 bridgehead atoms. The van der Waals surface area contributed by atoms with Crippen molar-refractivity contribution in [1.29, 1.82) is 0 Å². The molecule has 3 aromatic rings. The molecule has 198 valence electrons. The smallest absolute Gasteiger partial charge is 0.435 e. The van der Waals surface area contributed by atoms with Gasteiger partial charge in [0.15, 0.2) is 0 Å². The fourth-order valence-corrected chi connectivity index (χ4v) is 4.56. The molecule has 3 atom stereocenters. The van der Waals surface area contributed by atoms with Crippen molar-refractivity contribution in [1.82, 2.24) is 25.1 Å². The second-order valence-electron chi connectivity index (χ2n) is 9.28. The van der Waals surface area contributed by atoms with Crippen LogP contribution in [0, 0.1) is 5.92 Å². The van der Waals surface area contributed by atoms with Crippen molar-refractivity contribution in [2.45, 2.75) is 51.3 Å². The van der Waals surface area contributed by atoms with Crippen molar-refractivity contribution in [2.24, 2.45) is 11.7 Å². The Labute approximate surface area is 220 Å². The van der Waals surface area contributed by atoms with Crippen molar-refractivity contribution < 1.29 is 19.1 Å². The van der Waals surface area contributed by atoms with E-state index in [4.69, 9.17) is 10.5 Å². The lowest BCUT2D eigenvalue weighted by Crippen LogP contribution is -2.48. The molecule has 2 heterocycles. The van der Waals surface area contributed by atoms with E-state index >= 15 is 0 Å². The van der Waals surface area contributed by atoms with E-state index in [0.717, 1.165) is 29.5 Å². The molecule has 4 rings (SSSR count). The summed E-state index contributed by atoms with van der Waals surface area (Å²) >= 11 is 0. The molecule has 1 aromatic carbocycles.